The number of rotatable bonds is 6. The van der Waals surface area contributed by atoms with Crippen LogP contribution in [0.15, 0.2) is 81.0 Å². The molecule has 0 radical (unpaired) electrons. The predicted octanol–water partition coefficient (Wildman–Crippen LogP) is 5.06. The van der Waals surface area contributed by atoms with E-state index in [1.807, 2.05) is 49.4 Å². The molecular weight excluding hydrogens is 410 g/mol. The first-order valence-electron chi connectivity index (χ1n) is 9.90. The van der Waals surface area contributed by atoms with Crippen LogP contribution in [-0.2, 0) is 4.79 Å². The molecule has 1 fully saturated rings. The second kappa shape index (κ2) is 9.06. The molecule has 1 aliphatic heterocycles. The molecule has 156 valence electrons. The number of nitrogens with zero attached hydrogens (tertiary/aromatic N) is 2. The molecule has 4 rings (SSSR count). The molecule has 0 unspecified atom stereocenters. The largest absolute Gasteiger partial charge is 0.457 e. The SMILES string of the molecule is CCCN1C(=O)/C(=C/c2ccc(-c3ccc(C(N)=O)cc3)o2)SC1=Nc1ccccc1. The molecule has 1 saturated heterocycles. The molecule has 3 aromatic rings. The van der Waals surface area contributed by atoms with Gasteiger partial charge in [-0.25, -0.2) is 4.99 Å². The zero-order valence-corrected chi connectivity index (χ0v) is 17.8. The second-order valence-corrected chi connectivity index (χ2v) is 7.95. The van der Waals surface area contributed by atoms with E-state index in [0.29, 0.717) is 33.7 Å². The maximum atomic E-state index is 12.9. The van der Waals surface area contributed by atoms with Gasteiger partial charge < -0.3 is 10.2 Å². The Morgan fingerprint density at radius 2 is 1.84 bits per heavy atom. The lowest BCUT2D eigenvalue weighted by atomic mass is 10.1. The molecule has 0 saturated carbocycles. The average Bonchev–Trinajstić information content (AvgIpc) is 3.35. The van der Waals surface area contributed by atoms with Crippen molar-refractivity contribution in [1.82, 2.24) is 4.90 Å². The van der Waals surface area contributed by atoms with Gasteiger partial charge in [0, 0.05) is 23.7 Å². The van der Waals surface area contributed by atoms with Crippen LogP contribution in [0.3, 0.4) is 0 Å². The van der Waals surface area contributed by atoms with Crippen molar-refractivity contribution in [2.45, 2.75) is 13.3 Å². The van der Waals surface area contributed by atoms with Gasteiger partial charge in [0.25, 0.3) is 5.91 Å². The summed E-state index contributed by atoms with van der Waals surface area (Å²) in [7, 11) is 0. The number of carbonyl (C=O) groups excluding carboxylic acids is 2. The lowest BCUT2D eigenvalue weighted by molar-refractivity contribution is -0.122. The maximum absolute atomic E-state index is 12.9. The third kappa shape index (κ3) is 4.62. The Balaban J connectivity index is 1.59. The minimum Gasteiger partial charge on any atom is -0.457 e. The van der Waals surface area contributed by atoms with Crippen molar-refractivity contribution in [2.24, 2.45) is 10.7 Å². The molecule has 0 bridgehead atoms. The first-order valence-corrected chi connectivity index (χ1v) is 10.7. The summed E-state index contributed by atoms with van der Waals surface area (Å²) >= 11 is 1.34. The van der Waals surface area contributed by atoms with E-state index in [0.717, 1.165) is 17.7 Å². The number of para-hydroxylation sites is 1. The van der Waals surface area contributed by atoms with Gasteiger partial charge in [-0.1, -0.05) is 37.3 Å². The quantitative estimate of drug-likeness (QED) is 0.553. The molecule has 2 amide bonds. The number of benzene rings is 2. The fourth-order valence-electron chi connectivity index (χ4n) is 3.14. The summed E-state index contributed by atoms with van der Waals surface area (Å²) in [6.07, 6.45) is 2.57. The van der Waals surface area contributed by atoms with Crippen molar-refractivity contribution in [3.8, 4) is 11.3 Å². The molecule has 2 aromatic carbocycles. The Kier molecular flexibility index (Phi) is 6.04. The number of hydrogen-bond acceptors (Lipinski definition) is 5. The van der Waals surface area contributed by atoms with Gasteiger partial charge in [0.05, 0.1) is 10.6 Å². The third-order valence-corrected chi connectivity index (χ3v) is 5.68. The number of thioether (sulfide) groups is 1. The Bertz CT molecular complexity index is 1160. The number of primary amides is 1. The van der Waals surface area contributed by atoms with E-state index in [9.17, 15) is 9.59 Å². The average molecular weight is 432 g/mol. The topological polar surface area (TPSA) is 88.9 Å². The van der Waals surface area contributed by atoms with Gasteiger partial charge in [-0.3, -0.25) is 14.5 Å². The predicted molar refractivity (Wildman–Crippen MR) is 124 cm³/mol. The highest BCUT2D eigenvalue weighted by Gasteiger charge is 2.33. The highest BCUT2D eigenvalue weighted by molar-refractivity contribution is 8.18. The standard InChI is InChI=1S/C24H21N3O3S/c1-2-14-27-23(29)21(31-24(27)26-18-6-4-3-5-7-18)15-19-12-13-20(30-19)16-8-10-17(11-9-16)22(25)28/h3-13,15H,2,14H2,1H3,(H2,25,28)/b21-15-,26-24?. The number of amidine groups is 1. The molecule has 31 heavy (non-hydrogen) atoms. The van der Waals surface area contributed by atoms with Crippen LogP contribution in [0.4, 0.5) is 5.69 Å². The van der Waals surface area contributed by atoms with Crippen molar-refractivity contribution in [1.29, 1.82) is 0 Å². The molecule has 0 spiro atoms. The van der Waals surface area contributed by atoms with Crippen LogP contribution < -0.4 is 5.73 Å². The smallest absolute Gasteiger partial charge is 0.266 e. The van der Waals surface area contributed by atoms with E-state index in [1.54, 1.807) is 35.2 Å². The van der Waals surface area contributed by atoms with E-state index < -0.39 is 5.91 Å². The van der Waals surface area contributed by atoms with Crippen molar-refractivity contribution in [3.05, 3.63) is 83.0 Å². The first-order chi connectivity index (χ1) is 15.0. The van der Waals surface area contributed by atoms with Crippen molar-refractivity contribution >= 4 is 40.5 Å². The number of hydrogen-bond donors (Lipinski definition) is 1. The van der Waals surface area contributed by atoms with E-state index in [2.05, 4.69) is 4.99 Å². The number of carbonyl (C=O) groups is 2. The minimum absolute atomic E-state index is 0.0784. The van der Waals surface area contributed by atoms with Crippen LogP contribution in [0.1, 0.15) is 29.5 Å². The molecular formula is C24H21N3O3S. The normalized spacial score (nSPS) is 16.4. The highest BCUT2D eigenvalue weighted by Crippen LogP contribution is 2.35. The van der Waals surface area contributed by atoms with E-state index in [-0.39, 0.29) is 5.91 Å². The summed E-state index contributed by atoms with van der Waals surface area (Å²) in [5, 5.41) is 0.665. The number of nitrogens with two attached hydrogens (primary N) is 1. The zero-order valence-electron chi connectivity index (χ0n) is 16.9. The number of aliphatic imine (C=N–C) groups is 1. The van der Waals surface area contributed by atoms with Crippen molar-refractivity contribution in [2.75, 3.05) is 6.54 Å². The van der Waals surface area contributed by atoms with Gasteiger partial charge in [0.2, 0.25) is 5.91 Å². The molecule has 0 aliphatic carbocycles. The van der Waals surface area contributed by atoms with E-state index in [1.165, 1.54) is 11.8 Å². The monoisotopic (exact) mass is 431 g/mol. The van der Waals surface area contributed by atoms with Crippen LogP contribution in [0.25, 0.3) is 17.4 Å². The fourth-order valence-corrected chi connectivity index (χ4v) is 4.14. The van der Waals surface area contributed by atoms with Gasteiger partial charge in [0.1, 0.15) is 11.5 Å². The minimum atomic E-state index is -0.474. The van der Waals surface area contributed by atoms with Gasteiger partial charge >= 0.3 is 0 Å². The molecule has 2 heterocycles. The van der Waals surface area contributed by atoms with Gasteiger partial charge in [-0.2, -0.15) is 0 Å². The zero-order chi connectivity index (χ0) is 21.8. The molecule has 0 atom stereocenters. The third-order valence-electron chi connectivity index (χ3n) is 4.67. The Labute approximate surface area is 184 Å². The second-order valence-electron chi connectivity index (χ2n) is 6.94. The van der Waals surface area contributed by atoms with Crippen LogP contribution >= 0.6 is 11.8 Å². The Morgan fingerprint density at radius 1 is 1.10 bits per heavy atom. The Hall–Kier alpha value is -3.58. The van der Waals surface area contributed by atoms with E-state index in [4.69, 9.17) is 10.2 Å². The summed E-state index contributed by atoms with van der Waals surface area (Å²) in [6.45, 7) is 2.63. The van der Waals surface area contributed by atoms with Crippen molar-refractivity contribution in [3.63, 3.8) is 0 Å². The number of amides is 2. The summed E-state index contributed by atoms with van der Waals surface area (Å²) < 4.78 is 5.91. The summed E-state index contributed by atoms with van der Waals surface area (Å²) in [5.74, 6) is 0.659. The van der Waals surface area contributed by atoms with Crippen LogP contribution in [-0.4, -0.2) is 28.4 Å². The van der Waals surface area contributed by atoms with Gasteiger partial charge in [-0.05, 0) is 54.6 Å². The molecule has 7 heteroatoms. The van der Waals surface area contributed by atoms with Crippen LogP contribution in [0.5, 0.6) is 0 Å². The van der Waals surface area contributed by atoms with Crippen LogP contribution in [0.2, 0.25) is 0 Å². The van der Waals surface area contributed by atoms with Crippen LogP contribution in [0, 0.1) is 0 Å². The highest BCUT2D eigenvalue weighted by atomic mass is 32.2. The molecule has 1 aliphatic rings. The lowest BCUT2D eigenvalue weighted by Crippen LogP contribution is -2.29. The summed E-state index contributed by atoms with van der Waals surface area (Å²) in [5.41, 5.74) is 7.35. The van der Waals surface area contributed by atoms with Gasteiger partial charge in [0.15, 0.2) is 5.17 Å². The molecule has 1 aromatic heterocycles. The first kappa shape index (κ1) is 20.7. The molecule has 2 N–H and O–H groups in total. The van der Waals surface area contributed by atoms with Crippen molar-refractivity contribution < 1.29 is 14.0 Å². The van der Waals surface area contributed by atoms with E-state index >= 15 is 0 Å². The van der Waals surface area contributed by atoms with Gasteiger partial charge in [-0.15, -0.1) is 0 Å². The summed E-state index contributed by atoms with van der Waals surface area (Å²) in [6, 6.07) is 20.1. The Morgan fingerprint density at radius 3 is 2.52 bits per heavy atom. The fraction of sp³-hybridized carbons (Fsp3) is 0.125. The lowest BCUT2D eigenvalue weighted by Gasteiger charge is -2.13. The summed E-state index contributed by atoms with van der Waals surface area (Å²) in [4.78, 5) is 31.1. The maximum Gasteiger partial charge on any atom is 0.266 e. The molecule has 6 nitrogen and oxygen atoms in total. The number of furan rings is 1.